The number of halogens is 3. The van der Waals surface area contributed by atoms with E-state index < -0.39 is 11.2 Å². The van der Waals surface area contributed by atoms with E-state index in [1.54, 1.807) is 6.20 Å². The number of amides is 1. The van der Waals surface area contributed by atoms with E-state index in [1.165, 1.54) is 12.1 Å². The van der Waals surface area contributed by atoms with Crippen molar-refractivity contribution in [3.63, 3.8) is 0 Å². The van der Waals surface area contributed by atoms with Gasteiger partial charge in [-0.25, -0.2) is 14.4 Å². The van der Waals surface area contributed by atoms with Crippen molar-refractivity contribution in [1.82, 2.24) is 19.5 Å². The molecule has 0 radical (unpaired) electrons. The third-order valence-electron chi connectivity index (χ3n) is 7.67. The van der Waals surface area contributed by atoms with Crippen LogP contribution in [0.25, 0.3) is 11.2 Å². The summed E-state index contributed by atoms with van der Waals surface area (Å²) in [5, 5.41) is 16.8. The fourth-order valence-electron chi connectivity index (χ4n) is 5.39. The molecule has 3 aromatic rings. The number of carbonyl (C=O) groups is 1. The van der Waals surface area contributed by atoms with Crippen LogP contribution < -0.4 is 16.4 Å². The standard InChI is InChI=1S/C25H30Cl2FN7O2/c1-25(22(29)37)7-5-15(6-8-25)35-21-19(12-30-23(34-21)31-14-3-2-4-16(36)11-14)32-24(35)33-20-17(26)9-13(28)10-18(20)27/h9-10,12,14-16,36H,2-8,11H2,1H3,(H2,29,37)(H,32,33)(H,30,31,34)/t14-,15?,16?,25?/m0/s1. The Morgan fingerprint density at radius 3 is 2.54 bits per heavy atom. The van der Waals surface area contributed by atoms with Gasteiger partial charge >= 0.3 is 0 Å². The van der Waals surface area contributed by atoms with Crippen LogP contribution in [-0.4, -0.2) is 42.7 Å². The highest BCUT2D eigenvalue weighted by Gasteiger charge is 2.38. The Morgan fingerprint density at radius 1 is 1.19 bits per heavy atom. The molecule has 2 aromatic heterocycles. The van der Waals surface area contributed by atoms with Crippen molar-refractivity contribution >= 4 is 57.9 Å². The molecule has 12 heteroatoms. The molecule has 2 saturated carbocycles. The normalized spacial score (nSPS) is 26.2. The molecule has 2 aliphatic carbocycles. The number of aliphatic hydroxyl groups is 1. The topological polar surface area (TPSA) is 131 Å². The largest absolute Gasteiger partial charge is 0.393 e. The lowest BCUT2D eigenvalue weighted by molar-refractivity contribution is -0.128. The van der Waals surface area contributed by atoms with Gasteiger partial charge in [-0.1, -0.05) is 30.1 Å². The molecule has 1 amide bonds. The minimum absolute atomic E-state index is 0.0304. The van der Waals surface area contributed by atoms with Gasteiger partial charge in [-0.15, -0.1) is 0 Å². The maximum Gasteiger partial charge on any atom is 0.224 e. The maximum absolute atomic E-state index is 13.8. The van der Waals surface area contributed by atoms with Crippen molar-refractivity contribution < 1.29 is 14.3 Å². The first-order valence-electron chi connectivity index (χ1n) is 12.5. The summed E-state index contributed by atoms with van der Waals surface area (Å²) >= 11 is 12.6. The van der Waals surface area contributed by atoms with Gasteiger partial charge < -0.3 is 21.5 Å². The van der Waals surface area contributed by atoms with Crippen LogP contribution >= 0.6 is 23.2 Å². The Balaban J connectivity index is 1.52. The number of nitrogens with one attached hydrogen (secondary N) is 2. The van der Waals surface area contributed by atoms with Crippen molar-refractivity contribution in [3.8, 4) is 0 Å². The van der Waals surface area contributed by atoms with Crippen LogP contribution in [0.1, 0.15) is 64.3 Å². The molecule has 0 bridgehead atoms. The van der Waals surface area contributed by atoms with Gasteiger partial charge in [0.1, 0.15) is 11.3 Å². The number of imidazole rings is 1. The second-order valence-corrected chi connectivity index (χ2v) is 11.2. The predicted molar refractivity (Wildman–Crippen MR) is 142 cm³/mol. The Bertz CT molecular complexity index is 1300. The molecular weight excluding hydrogens is 520 g/mol. The Hall–Kier alpha value is -2.69. The number of aromatic nitrogens is 4. The molecule has 5 rings (SSSR count). The molecule has 2 heterocycles. The highest BCUT2D eigenvalue weighted by molar-refractivity contribution is 6.39. The Kier molecular flexibility index (Phi) is 7.17. The number of nitrogens with zero attached hydrogens (tertiary/aromatic N) is 4. The summed E-state index contributed by atoms with van der Waals surface area (Å²) in [6, 6.07) is 2.42. The van der Waals surface area contributed by atoms with E-state index in [9.17, 15) is 14.3 Å². The summed E-state index contributed by atoms with van der Waals surface area (Å²) in [5.41, 5.74) is 6.62. The number of hydrogen-bond donors (Lipinski definition) is 4. The number of fused-ring (bicyclic) bond motifs is 1. The van der Waals surface area contributed by atoms with Gasteiger partial charge in [0.25, 0.3) is 0 Å². The average Bonchev–Trinajstić information content (AvgIpc) is 3.19. The molecule has 2 aliphatic rings. The summed E-state index contributed by atoms with van der Waals surface area (Å²) in [4.78, 5) is 26.0. The highest BCUT2D eigenvalue weighted by Crippen LogP contribution is 2.43. The molecule has 0 saturated heterocycles. The number of anilines is 3. The van der Waals surface area contributed by atoms with E-state index in [0.717, 1.165) is 19.3 Å². The van der Waals surface area contributed by atoms with E-state index >= 15 is 0 Å². The molecule has 2 fully saturated rings. The molecule has 1 unspecified atom stereocenters. The Labute approximate surface area is 224 Å². The molecule has 37 heavy (non-hydrogen) atoms. The lowest BCUT2D eigenvalue weighted by atomic mass is 9.73. The zero-order chi connectivity index (χ0) is 26.3. The molecule has 0 spiro atoms. The summed E-state index contributed by atoms with van der Waals surface area (Å²) in [6.45, 7) is 1.90. The zero-order valence-electron chi connectivity index (χ0n) is 20.5. The maximum atomic E-state index is 13.8. The van der Waals surface area contributed by atoms with E-state index in [-0.39, 0.29) is 34.1 Å². The van der Waals surface area contributed by atoms with Gasteiger partial charge in [0.15, 0.2) is 5.65 Å². The van der Waals surface area contributed by atoms with Crippen LogP contribution in [0.3, 0.4) is 0 Å². The van der Waals surface area contributed by atoms with Crippen molar-refractivity contribution in [2.45, 2.75) is 76.5 Å². The number of carbonyl (C=O) groups excluding carboxylic acids is 1. The van der Waals surface area contributed by atoms with Crippen LogP contribution in [0.5, 0.6) is 0 Å². The van der Waals surface area contributed by atoms with E-state index in [1.807, 2.05) is 11.5 Å². The summed E-state index contributed by atoms with van der Waals surface area (Å²) in [6.07, 6.45) is 7.26. The van der Waals surface area contributed by atoms with Gasteiger partial charge in [0.05, 0.1) is 28.0 Å². The summed E-state index contributed by atoms with van der Waals surface area (Å²) in [5.74, 6) is 0.0576. The number of rotatable bonds is 6. The second-order valence-electron chi connectivity index (χ2n) is 10.4. The smallest absolute Gasteiger partial charge is 0.224 e. The van der Waals surface area contributed by atoms with Gasteiger partial charge in [-0.05, 0) is 63.5 Å². The molecule has 0 aliphatic heterocycles. The van der Waals surface area contributed by atoms with E-state index in [0.29, 0.717) is 60.9 Å². The van der Waals surface area contributed by atoms with Crippen LogP contribution in [0.15, 0.2) is 18.3 Å². The minimum atomic E-state index is -0.562. The van der Waals surface area contributed by atoms with Crippen LogP contribution in [0, 0.1) is 11.2 Å². The number of aliphatic hydroxyl groups excluding tert-OH is 1. The van der Waals surface area contributed by atoms with Crippen LogP contribution in [-0.2, 0) is 4.79 Å². The van der Waals surface area contributed by atoms with Gasteiger partial charge in [0.2, 0.25) is 17.8 Å². The van der Waals surface area contributed by atoms with Crippen molar-refractivity contribution in [2.75, 3.05) is 10.6 Å². The lowest BCUT2D eigenvalue weighted by Gasteiger charge is -2.35. The number of primary amides is 1. The first kappa shape index (κ1) is 25.9. The third kappa shape index (κ3) is 5.32. The zero-order valence-corrected chi connectivity index (χ0v) is 22.0. The molecule has 2 atom stereocenters. The predicted octanol–water partition coefficient (Wildman–Crippen LogP) is 5.34. The van der Waals surface area contributed by atoms with E-state index in [2.05, 4.69) is 15.6 Å². The average molecular weight is 550 g/mol. The van der Waals surface area contributed by atoms with Crippen molar-refractivity contribution in [2.24, 2.45) is 11.1 Å². The van der Waals surface area contributed by atoms with Crippen LogP contribution in [0.2, 0.25) is 10.0 Å². The molecule has 1 aromatic carbocycles. The fourth-order valence-corrected chi connectivity index (χ4v) is 5.94. The van der Waals surface area contributed by atoms with Crippen molar-refractivity contribution in [3.05, 3.63) is 34.2 Å². The first-order chi connectivity index (χ1) is 17.6. The van der Waals surface area contributed by atoms with Gasteiger partial charge in [-0.3, -0.25) is 9.36 Å². The minimum Gasteiger partial charge on any atom is -0.393 e. The summed E-state index contributed by atoms with van der Waals surface area (Å²) < 4.78 is 15.8. The third-order valence-corrected chi connectivity index (χ3v) is 8.27. The summed E-state index contributed by atoms with van der Waals surface area (Å²) in [7, 11) is 0. The number of benzene rings is 1. The lowest BCUT2D eigenvalue weighted by Crippen LogP contribution is -2.38. The Morgan fingerprint density at radius 2 is 1.89 bits per heavy atom. The van der Waals surface area contributed by atoms with Crippen molar-refractivity contribution in [1.29, 1.82) is 0 Å². The fraction of sp³-hybridized carbons (Fsp3) is 0.520. The first-order valence-corrected chi connectivity index (χ1v) is 13.3. The SMILES string of the molecule is CC1(C(N)=O)CCC(n2c(Nc3c(Cl)cc(F)cc3Cl)nc3cnc(N[C@H]4CCCC(O)C4)nc32)CC1. The highest BCUT2D eigenvalue weighted by atomic mass is 35.5. The van der Waals surface area contributed by atoms with Crippen LogP contribution in [0.4, 0.5) is 22.0 Å². The van der Waals surface area contributed by atoms with Gasteiger partial charge in [0, 0.05) is 17.5 Å². The molecular formula is C25H30Cl2FN7O2. The number of nitrogens with two attached hydrogens (primary N) is 1. The monoisotopic (exact) mass is 549 g/mol. The quantitative estimate of drug-likeness (QED) is 0.326. The molecule has 198 valence electrons. The van der Waals surface area contributed by atoms with E-state index in [4.69, 9.17) is 38.9 Å². The second kappa shape index (κ2) is 10.2. The van der Waals surface area contributed by atoms with Gasteiger partial charge in [-0.2, -0.15) is 4.98 Å². The number of hydrogen-bond acceptors (Lipinski definition) is 7. The molecule has 5 N–H and O–H groups in total. The molecule has 9 nitrogen and oxygen atoms in total.